The van der Waals surface area contributed by atoms with Gasteiger partial charge < -0.3 is 9.47 Å². The molecule has 0 aliphatic heterocycles. The summed E-state index contributed by atoms with van der Waals surface area (Å²) in [5.41, 5.74) is 1.57. The number of fused-ring (bicyclic) bond motifs is 1. The van der Waals surface area contributed by atoms with Crippen LogP contribution in [0, 0.1) is 0 Å². The predicted octanol–water partition coefficient (Wildman–Crippen LogP) is 3.29. The summed E-state index contributed by atoms with van der Waals surface area (Å²) in [6, 6.07) is 5.15. The monoisotopic (exact) mass is 318 g/mol. The number of aromatic nitrogens is 1. The Morgan fingerprint density at radius 2 is 2.05 bits per heavy atom. The van der Waals surface area contributed by atoms with Gasteiger partial charge in [-0.15, -0.1) is 11.3 Å². The third kappa shape index (κ3) is 2.92. The van der Waals surface area contributed by atoms with Crippen molar-refractivity contribution in [3.05, 3.63) is 34.3 Å². The van der Waals surface area contributed by atoms with Crippen LogP contribution < -0.4 is 14.8 Å². The van der Waals surface area contributed by atoms with E-state index in [2.05, 4.69) is 10.3 Å². The fourth-order valence-corrected chi connectivity index (χ4v) is 3.61. The van der Waals surface area contributed by atoms with E-state index in [-0.39, 0.29) is 5.91 Å². The molecule has 1 aromatic carbocycles. The van der Waals surface area contributed by atoms with E-state index in [0.29, 0.717) is 22.2 Å². The number of carbonyl (C=O) groups is 1. The zero-order chi connectivity index (χ0) is 15.5. The molecule has 0 bridgehead atoms. The van der Waals surface area contributed by atoms with Crippen molar-refractivity contribution in [2.45, 2.75) is 25.7 Å². The first-order chi connectivity index (χ1) is 10.7. The molecule has 116 valence electrons. The molecule has 22 heavy (non-hydrogen) atoms. The maximum Gasteiger partial charge on any atom is 0.261 e. The van der Waals surface area contributed by atoms with Gasteiger partial charge in [-0.1, -0.05) is 0 Å². The highest BCUT2D eigenvalue weighted by Crippen LogP contribution is 2.31. The van der Waals surface area contributed by atoms with Crippen molar-refractivity contribution in [1.82, 2.24) is 4.98 Å². The second kappa shape index (κ2) is 6.36. The molecule has 1 aliphatic carbocycles. The number of methoxy groups -OCH3 is 2. The maximum atomic E-state index is 12.5. The number of ether oxygens (including phenoxy) is 2. The number of hydrogen-bond acceptors (Lipinski definition) is 5. The van der Waals surface area contributed by atoms with Crippen LogP contribution in [0.25, 0.3) is 0 Å². The average molecular weight is 318 g/mol. The summed E-state index contributed by atoms with van der Waals surface area (Å²) in [5.74, 6) is 0.894. The molecule has 1 heterocycles. The molecule has 2 aromatic rings. The number of carbonyl (C=O) groups excluding carboxylic acids is 1. The van der Waals surface area contributed by atoms with E-state index in [1.54, 1.807) is 43.8 Å². The van der Waals surface area contributed by atoms with Crippen molar-refractivity contribution in [1.29, 1.82) is 0 Å². The Labute approximate surface area is 133 Å². The lowest BCUT2D eigenvalue weighted by Gasteiger charge is -2.09. The van der Waals surface area contributed by atoms with Gasteiger partial charge in [0.25, 0.3) is 5.91 Å². The van der Waals surface area contributed by atoms with Gasteiger partial charge in [-0.3, -0.25) is 10.1 Å². The summed E-state index contributed by atoms with van der Waals surface area (Å²) >= 11 is 1.57. The number of rotatable bonds is 4. The summed E-state index contributed by atoms with van der Waals surface area (Å²) in [6.45, 7) is 0. The molecule has 0 saturated carbocycles. The largest absolute Gasteiger partial charge is 0.497 e. The first-order valence-corrected chi connectivity index (χ1v) is 8.05. The standard InChI is InChI=1S/C16H18N2O3S/c1-20-10-7-8-13(21-2)11(9-10)15(19)18-16-17-12-5-3-4-6-14(12)22-16/h7-9H,3-6H2,1-2H3,(H,17,18,19). The van der Waals surface area contributed by atoms with Gasteiger partial charge in [0.1, 0.15) is 11.5 Å². The predicted molar refractivity (Wildman–Crippen MR) is 86.3 cm³/mol. The minimum atomic E-state index is -0.234. The summed E-state index contributed by atoms with van der Waals surface area (Å²) in [7, 11) is 3.11. The van der Waals surface area contributed by atoms with Crippen LogP contribution in [0.3, 0.4) is 0 Å². The van der Waals surface area contributed by atoms with Gasteiger partial charge in [-0.05, 0) is 43.9 Å². The number of aryl methyl sites for hydroxylation is 2. The lowest BCUT2D eigenvalue weighted by molar-refractivity contribution is 0.102. The van der Waals surface area contributed by atoms with Gasteiger partial charge in [0.05, 0.1) is 25.5 Å². The molecule has 1 aromatic heterocycles. The van der Waals surface area contributed by atoms with E-state index in [9.17, 15) is 4.79 Å². The van der Waals surface area contributed by atoms with Crippen molar-refractivity contribution < 1.29 is 14.3 Å². The molecule has 1 N–H and O–H groups in total. The van der Waals surface area contributed by atoms with Gasteiger partial charge in [0, 0.05) is 4.88 Å². The molecular weight excluding hydrogens is 300 g/mol. The van der Waals surface area contributed by atoms with Crippen molar-refractivity contribution >= 4 is 22.4 Å². The highest BCUT2D eigenvalue weighted by atomic mass is 32.1. The average Bonchev–Trinajstić information content (AvgIpc) is 2.96. The molecule has 5 nitrogen and oxygen atoms in total. The van der Waals surface area contributed by atoms with Crippen LogP contribution >= 0.6 is 11.3 Å². The first-order valence-electron chi connectivity index (χ1n) is 7.23. The number of nitrogens with zero attached hydrogens (tertiary/aromatic N) is 1. The Morgan fingerprint density at radius 1 is 1.23 bits per heavy atom. The summed E-state index contributed by atoms with van der Waals surface area (Å²) < 4.78 is 10.4. The first kappa shape index (κ1) is 14.8. The SMILES string of the molecule is COc1ccc(OC)c(C(=O)Nc2nc3c(s2)CCCC3)c1. The van der Waals surface area contributed by atoms with E-state index >= 15 is 0 Å². The summed E-state index contributed by atoms with van der Waals surface area (Å²) in [6.07, 6.45) is 4.44. The Hall–Kier alpha value is -2.08. The molecule has 1 aliphatic rings. The zero-order valence-electron chi connectivity index (χ0n) is 12.6. The maximum absolute atomic E-state index is 12.5. The van der Waals surface area contributed by atoms with Crippen LogP contribution in [0.15, 0.2) is 18.2 Å². The zero-order valence-corrected chi connectivity index (χ0v) is 13.5. The van der Waals surface area contributed by atoms with Crippen molar-refractivity contribution in [3.63, 3.8) is 0 Å². The summed E-state index contributed by atoms with van der Waals surface area (Å²) in [4.78, 5) is 18.3. The Kier molecular flexibility index (Phi) is 4.29. The van der Waals surface area contributed by atoms with E-state index < -0.39 is 0 Å². The Morgan fingerprint density at radius 3 is 2.77 bits per heavy atom. The molecule has 0 saturated heterocycles. The number of benzene rings is 1. The molecule has 0 unspecified atom stereocenters. The van der Waals surface area contributed by atoms with Crippen LogP contribution in [0.4, 0.5) is 5.13 Å². The molecule has 1 amide bonds. The van der Waals surface area contributed by atoms with Gasteiger partial charge in [-0.2, -0.15) is 0 Å². The number of nitrogens with one attached hydrogen (secondary N) is 1. The highest BCUT2D eigenvalue weighted by molar-refractivity contribution is 7.15. The summed E-state index contributed by atoms with van der Waals surface area (Å²) in [5, 5.41) is 3.53. The number of amides is 1. The topological polar surface area (TPSA) is 60.5 Å². The second-order valence-corrected chi connectivity index (χ2v) is 6.20. The van der Waals surface area contributed by atoms with Crippen molar-refractivity contribution in [2.24, 2.45) is 0 Å². The fraction of sp³-hybridized carbons (Fsp3) is 0.375. The smallest absolute Gasteiger partial charge is 0.261 e. The van der Waals surface area contributed by atoms with Crippen LogP contribution in [-0.4, -0.2) is 25.1 Å². The molecule has 0 atom stereocenters. The van der Waals surface area contributed by atoms with Crippen LogP contribution in [-0.2, 0) is 12.8 Å². The normalized spacial score (nSPS) is 13.4. The lowest BCUT2D eigenvalue weighted by atomic mass is 10.0. The van der Waals surface area contributed by atoms with Crippen LogP contribution in [0.1, 0.15) is 33.8 Å². The van der Waals surface area contributed by atoms with Crippen LogP contribution in [0.5, 0.6) is 11.5 Å². The van der Waals surface area contributed by atoms with Gasteiger partial charge in [-0.25, -0.2) is 4.98 Å². The van der Waals surface area contributed by atoms with Crippen molar-refractivity contribution in [2.75, 3.05) is 19.5 Å². The third-order valence-corrected chi connectivity index (χ3v) is 4.79. The minimum Gasteiger partial charge on any atom is -0.497 e. The van der Waals surface area contributed by atoms with Crippen molar-refractivity contribution in [3.8, 4) is 11.5 Å². The number of anilines is 1. The number of hydrogen-bond donors (Lipinski definition) is 1. The van der Waals surface area contributed by atoms with E-state index in [4.69, 9.17) is 9.47 Å². The third-order valence-electron chi connectivity index (χ3n) is 3.72. The Bertz CT molecular complexity index is 673. The lowest BCUT2D eigenvalue weighted by Crippen LogP contribution is -2.13. The molecule has 0 fully saturated rings. The van der Waals surface area contributed by atoms with Gasteiger partial charge >= 0.3 is 0 Å². The van der Waals surface area contributed by atoms with E-state index in [0.717, 1.165) is 18.5 Å². The molecule has 6 heteroatoms. The number of thiazole rings is 1. The quantitative estimate of drug-likeness (QED) is 0.939. The second-order valence-electron chi connectivity index (χ2n) is 5.12. The molecule has 0 spiro atoms. The van der Waals surface area contributed by atoms with Gasteiger partial charge in [0.2, 0.25) is 0 Å². The molecule has 0 radical (unpaired) electrons. The highest BCUT2D eigenvalue weighted by Gasteiger charge is 2.19. The molecular formula is C16H18N2O3S. The molecule has 3 rings (SSSR count). The van der Waals surface area contributed by atoms with E-state index in [1.807, 2.05) is 0 Å². The van der Waals surface area contributed by atoms with Gasteiger partial charge in [0.15, 0.2) is 5.13 Å². The Balaban J connectivity index is 1.83. The minimum absolute atomic E-state index is 0.234. The van der Waals surface area contributed by atoms with E-state index in [1.165, 1.54) is 17.7 Å². The fourth-order valence-electron chi connectivity index (χ4n) is 2.56. The van der Waals surface area contributed by atoms with Crippen LogP contribution in [0.2, 0.25) is 0 Å².